The fourth-order valence-corrected chi connectivity index (χ4v) is 2.06. The molecule has 1 unspecified atom stereocenters. The number of rotatable bonds is 3. The highest BCUT2D eigenvalue weighted by molar-refractivity contribution is 5.55. The normalized spacial score (nSPS) is 12.7. The molecule has 0 fully saturated rings. The van der Waals surface area contributed by atoms with Crippen LogP contribution >= 0.6 is 0 Å². The van der Waals surface area contributed by atoms with Crippen LogP contribution in [0.25, 0.3) is 11.4 Å². The highest BCUT2D eigenvalue weighted by atomic mass is 15.1. The largest absolute Gasteiger partial charge is 0.303 e. The monoisotopic (exact) mass is 255 g/mol. The summed E-state index contributed by atoms with van der Waals surface area (Å²) in [7, 11) is 4.18. The molecule has 19 heavy (non-hydrogen) atoms. The van der Waals surface area contributed by atoms with E-state index in [1.807, 2.05) is 19.9 Å². The first kappa shape index (κ1) is 13.7. The maximum absolute atomic E-state index is 4.49. The van der Waals surface area contributed by atoms with Gasteiger partial charge in [-0.25, -0.2) is 9.97 Å². The highest BCUT2D eigenvalue weighted by Crippen LogP contribution is 2.21. The Bertz CT molecular complexity index is 538. The van der Waals surface area contributed by atoms with Crippen LogP contribution in [0.15, 0.2) is 30.3 Å². The van der Waals surface area contributed by atoms with E-state index < -0.39 is 0 Å². The van der Waals surface area contributed by atoms with Gasteiger partial charge in [0.25, 0.3) is 0 Å². The molecule has 2 aromatic rings. The van der Waals surface area contributed by atoms with Crippen molar-refractivity contribution < 1.29 is 0 Å². The van der Waals surface area contributed by atoms with Gasteiger partial charge in [0.1, 0.15) is 0 Å². The third-order valence-electron chi connectivity index (χ3n) is 3.41. The van der Waals surface area contributed by atoms with Gasteiger partial charge in [-0.3, -0.25) is 0 Å². The van der Waals surface area contributed by atoms with E-state index in [9.17, 15) is 0 Å². The van der Waals surface area contributed by atoms with Gasteiger partial charge in [-0.05, 0) is 46.5 Å². The smallest absolute Gasteiger partial charge is 0.159 e. The van der Waals surface area contributed by atoms with Crippen molar-refractivity contribution in [2.24, 2.45) is 0 Å². The third kappa shape index (κ3) is 3.18. The zero-order chi connectivity index (χ0) is 14.0. The fourth-order valence-electron chi connectivity index (χ4n) is 2.06. The Morgan fingerprint density at radius 3 is 1.95 bits per heavy atom. The average molecular weight is 255 g/mol. The minimum atomic E-state index is 0.411. The molecule has 0 bridgehead atoms. The molecule has 0 aliphatic carbocycles. The number of aryl methyl sites for hydroxylation is 2. The van der Waals surface area contributed by atoms with Crippen molar-refractivity contribution in [2.75, 3.05) is 14.1 Å². The quantitative estimate of drug-likeness (QED) is 0.842. The lowest BCUT2D eigenvalue weighted by molar-refractivity contribution is 0.321. The van der Waals surface area contributed by atoms with E-state index in [1.165, 1.54) is 5.56 Å². The first-order chi connectivity index (χ1) is 8.97. The summed E-state index contributed by atoms with van der Waals surface area (Å²) in [6.07, 6.45) is 0. The SMILES string of the molecule is Cc1cc(C)nc(-c2ccc(C(C)N(C)C)cc2)n1. The second-order valence-electron chi connectivity index (χ2n) is 5.24. The number of aromatic nitrogens is 2. The molecule has 0 spiro atoms. The van der Waals surface area contributed by atoms with Gasteiger partial charge in [0.15, 0.2) is 5.82 Å². The van der Waals surface area contributed by atoms with Crippen LogP contribution in [0.5, 0.6) is 0 Å². The van der Waals surface area contributed by atoms with E-state index in [2.05, 4.69) is 60.2 Å². The number of hydrogen-bond donors (Lipinski definition) is 0. The molecule has 1 aromatic carbocycles. The Labute approximate surface area is 115 Å². The lowest BCUT2D eigenvalue weighted by atomic mass is 10.1. The Kier molecular flexibility index (Phi) is 3.96. The zero-order valence-corrected chi connectivity index (χ0v) is 12.3. The van der Waals surface area contributed by atoms with Gasteiger partial charge in [-0.2, -0.15) is 0 Å². The second kappa shape index (κ2) is 5.49. The topological polar surface area (TPSA) is 29.0 Å². The van der Waals surface area contributed by atoms with Gasteiger partial charge < -0.3 is 4.90 Å². The number of hydrogen-bond acceptors (Lipinski definition) is 3. The molecule has 0 radical (unpaired) electrons. The molecule has 0 aliphatic heterocycles. The van der Waals surface area contributed by atoms with E-state index in [1.54, 1.807) is 0 Å². The van der Waals surface area contributed by atoms with Gasteiger partial charge in [0.05, 0.1) is 0 Å². The highest BCUT2D eigenvalue weighted by Gasteiger charge is 2.08. The third-order valence-corrected chi connectivity index (χ3v) is 3.41. The first-order valence-corrected chi connectivity index (χ1v) is 6.56. The Morgan fingerprint density at radius 1 is 0.947 bits per heavy atom. The van der Waals surface area contributed by atoms with Crippen LogP contribution < -0.4 is 0 Å². The average Bonchev–Trinajstić information content (AvgIpc) is 2.37. The van der Waals surface area contributed by atoms with Gasteiger partial charge >= 0.3 is 0 Å². The molecule has 100 valence electrons. The van der Waals surface area contributed by atoms with Crippen LogP contribution in [-0.4, -0.2) is 29.0 Å². The van der Waals surface area contributed by atoms with Crippen molar-refractivity contribution >= 4 is 0 Å². The van der Waals surface area contributed by atoms with Crippen molar-refractivity contribution in [3.05, 3.63) is 47.3 Å². The van der Waals surface area contributed by atoms with E-state index in [0.29, 0.717) is 6.04 Å². The summed E-state index contributed by atoms with van der Waals surface area (Å²) < 4.78 is 0. The summed E-state index contributed by atoms with van der Waals surface area (Å²) >= 11 is 0. The predicted octanol–water partition coefficient (Wildman–Crippen LogP) is 3.38. The minimum Gasteiger partial charge on any atom is -0.303 e. The van der Waals surface area contributed by atoms with Gasteiger partial charge in [-0.1, -0.05) is 24.3 Å². The predicted molar refractivity (Wildman–Crippen MR) is 79.0 cm³/mol. The molecule has 0 saturated carbocycles. The lowest BCUT2D eigenvalue weighted by Gasteiger charge is -2.20. The molecule has 0 saturated heterocycles. The van der Waals surface area contributed by atoms with Crippen LogP contribution in [0.1, 0.15) is 29.9 Å². The van der Waals surface area contributed by atoms with Crippen molar-refractivity contribution in [3.63, 3.8) is 0 Å². The molecule has 3 nitrogen and oxygen atoms in total. The van der Waals surface area contributed by atoms with Crippen LogP contribution in [-0.2, 0) is 0 Å². The van der Waals surface area contributed by atoms with Crippen LogP contribution in [0, 0.1) is 13.8 Å². The van der Waals surface area contributed by atoms with Gasteiger partial charge in [0.2, 0.25) is 0 Å². The fraction of sp³-hybridized carbons (Fsp3) is 0.375. The van der Waals surface area contributed by atoms with Crippen LogP contribution in [0.4, 0.5) is 0 Å². The Balaban J connectivity index is 2.32. The molecule has 3 heteroatoms. The first-order valence-electron chi connectivity index (χ1n) is 6.56. The molecule has 0 N–H and O–H groups in total. The molecular weight excluding hydrogens is 234 g/mol. The van der Waals surface area contributed by atoms with E-state index in [-0.39, 0.29) is 0 Å². The summed E-state index contributed by atoms with van der Waals surface area (Å²) in [6.45, 7) is 6.20. The van der Waals surface area contributed by atoms with Crippen molar-refractivity contribution in [2.45, 2.75) is 26.8 Å². The lowest BCUT2D eigenvalue weighted by Crippen LogP contribution is -2.16. The second-order valence-corrected chi connectivity index (χ2v) is 5.24. The summed E-state index contributed by atoms with van der Waals surface area (Å²) in [5.41, 5.74) is 4.39. The molecule has 1 heterocycles. The van der Waals surface area contributed by atoms with E-state index >= 15 is 0 Å². The minimum absolute atomic E-state index is 0.411. The van der Waals surface area contributed by atoms with Crippen molar-refractivity contribution in [1.29, 1.82) is 0 Å². The Morgan fingerprint density at radius 2 is 1.47 bits per heavy atom. The molecular formula is C16H21N3. The summed E-state index contributed by atoms with van der Waals surface area (Å²) in [6, 6.07) is 10.9. The maximum atomic E-state index is 4.49. The molecule has 0 amide bonds. The molecule has 1 aromatic heterocycles. The summed E-state index contributed by atoms with van der Waals surface area (Å²) in [5, 5.41) is 0. The van der Waals surface area contributed by atoms with Gasteiger partial charge in [-0.15, -0.1) is 0 Å². The van der Waals surface area contributed by atoms with E-state index in [0.717, 1.165) is 22.8 Å². The molecule has 0 aliphatic rings. The van der Waals surface area contributed by atoms with Crippen LogP contribution in [0.2, 0.25) is 0 Å². The summed E-state index contributed by atoms with van der Waals surface area (Å²) in [5.74, 6) is 0.807. The van der Waals surface area contributed by atoms with Crippen LogP contribution in [0.3, 0.4) is 0 Å². The van der Waals surface area contributed by atoms with Gasteiger partial charge in [0, 0.05) is 23.0 Å². The number of nitrogens with zero attached hydrogens (tertiary/aromatic N) is 3. The maximum Gasteiger partial charge on any atom is 0.159 e. The zero-order valence-electron chi connectivity index (χ0n) is 12.3. The summed E-state index contributed by atoms with van der Waals surface area (Å²) in [4.78, 5) is 11.2. The van der Waals surface area contributed by atoms with Crippen molar-refractivity contribution in [3.8, 4) is 11.4 Å². The molecule has 2 rings (SSSR count). The number of benzene rings is 1. The molecule has 1 atom stereocenters. The van der Waals surface area contributed by atoms with E-state index in [4.69, 9.17) is 0 Å². The standard InChI is InChI=1S/C16H21N3/c1-11-10-12(2)18-16(17-11)15-8-6-14(7-9-15)13(3)19(4)5/h6-10,13H,1-5H3. The van der Waals surface area contributed by atoms with Crippen molar-refractivity contribution in [1.82, 2.24) is 14.9 Å². The Hall–Kier alpha value is -1.74.